The van der Waals surface area contributed by atoms with Crippen molar-refractivity contribution in [2.45, 2.75) is 26.4 Å². The zero-order valence-corrected chi connectivity index (χ0v) is 19.4. The van der Waals surface area contributed by atoms with Gasteiger partial charge in [-0.15, -0.1) is 0 Å². The minimum atomic E-state index is -0.963. The molecule has 4 aromatic rings. The number of carbonyl (C=O) groups excluding carboxylic acids is 1. The quantitative estimate of drug-likeness (QED) is 0.304. The predicted octanol–water partition coefficient (Wildman–Crippen LogP) is 6.53. The number of rotatable bonds is 7. The first-order chi connectivity index (χ1) is 17.2. The summed E-state index contributed by atoms with van der Waals surface area (Å²) in [5.41, 5.74) is 3.93. The van der Waals surface area contributed by atoms with Crippen molar-refractivity contribution >= 4 is 17.7 Å². The molecule has 9 heteroatoms. The van der Waals surface area contributed by atoms with Crippen LogP contribution >= 0.6 is 0 Å². The van der Waals surface area contributed by atoms with Crippen LogP contribution in [0.15, 0.2) is 71.3 Å². The first-order valence-corrected chi connectivity index (χ1v) is 11.0. The number of anilines is 1. The summed E-state index contributed by atoms with van der Waals surface area (Å²) in [5.74, 6) is -2.11. The van der Waals surface area contributed by atoms with E-state index in [0.29, 0.717) is 28.3 Å². The molecule has 0 fully saturated rings. The van der Waals surface area contributed by atoms with E-state index in [9.17, 15) is 18.4 Å². The average Bonchev–Trinajstić information content (AvgIpc) is 3.19. The molecule has 7 nitrogen and oxygen atoms in total. The van der Waals surface area contributed by atoms with Crippen molar-refractivity contribution < 1.29 is 32.7 Å². The number of hydrogen-bond acceptors (Lipinski definition) is 5. The first-order valence-electron chi connectivity index (χ1n) is 11.0. The van der Waals surface area contributed by atoms with Gasteiger partial charge in [0.05, 0.1) is 6.42 Å². The molecule has 0 aliphatic carbocycles. The van der Waals surface area contributed by atoms with Gasteiger partial charge in [0.25, 0.3) is 0 Å². The zero-order valence-electron chi connectivity index (χ0n) is 19.4. The lowest BCUT2D eigenvalue weighted by atomic mass is 10.0. The Kier molecular flexibility index (Phi) is 7.10. The van der Waals surface area contributed by atoms with Crippen molar-refractivity contribution in [2.75, 3.05) is 5.32 Å². The first kappa shape index (κ1) is 24.6. The summed E-state index contributed by atoms with van der Waals surface area (Å²) in [6.07, 6.45) is -1.85. The summed E-state index contributed by atoms with van der Waals surface area (Å²) in [6.45, 7) is 3.13. The van der Waals surface area contributed by atoms with Gasteiger partial charge in [0.2, 0.25) is 0 Å². The van der Waals surface area contributed by atoms with Gasteiger partial charge in [0.15, 0.2) is 5.76 Å². The molecule has 0 saturated heterocycles. The zero-order chi connectivity index (χ0) is 25.8. The minimum Gasteiger partial charge on any atom is -0.481 e. The lowest BCUT2D eigenvalue weighted by Crippen LogP contribution is -2.17. The number of carboxylic acid groups (broad SMARTS) is 1. The van der Waals surface area contributed by atoms with Crippen molar-refractivity contribution in [1.82, 2.24) is 5.16 Å². The van der Waals surface area contributed by atoms with Crippen LogP contribution in [-0.4, -0.2) is 22.3 Å². The topological polar surface area (TPSA) is 102 Å². The van der Waals surface area contributed by atoms with E-state index in [-0.39, 0.29) is 12.0 Å². The Labute approximate surface area is 205 Å². The highest BCUT2D eigenvalue weighted by molar-refractivity contribution is 5.91. The second-order valence-electron chi connectivity index (χ2n) is 8.16. The third-order valence-corrected chi connectivity index (χ3v) is 5.56. The maximum absolute atomic E-state index is 14.0. The fourth-order valence-corrected chi connectivity index (χ4v) is 3.70. The molecule has 1 heterocycles. The summed E-state index contributed by atoms with van der Waals surface area (Å²) < 4.78 is 37.9. The van der Waals surface area contributed by atoms with Crippen LogP contribution in [0.3, 0.4) is 0 Å². The molecule has 0 radical (unpaired) electrons. The molecule has 4 rings (SSSR count). The van der Waals surface area contributed by atoms with Gasteiger partial charge in [-0.25, -0.2) is 13.6 Å². The number of aromatic nitrogens is 1. The van der Waals surface area contributed by atoms with Crippen LogP contribution in [0.2, 0.25) is 0 Å². The molecular formula is C27H22F2N2O5. The van der Waals surface area contributed by atoms with E-state index >= 15 is 0 Å². The highest BCUT2D eigenvalue weighted by Crippen LogP contribution is 2.33. The highest BCUT2D eigenvalue weighted by atomic mass is 19.1. The van der Waals surface area contributed by atoms with Gasteiger partial charge in [-0.05, 0) is 42.7 Å². The summed E-state index contributed by atoms with van der Waals surface area (Å²) in [5, 5.41) is 15.4. The molecule has 184 valence electrons. The lowest BCUT2D eigenvalue weighted by Gasteiger charge is -2.15. The Balaban J connectivity index is 1.48. The molecule has 0 saturated carbocycles. The largest absolute Gasteiger partial charge is 0.481 e. The number of benzene rings is 3. The summed E-state index contributed by atoms with van der Waals surface area (Å²) in [4.78, 5) is 23.4. The van der Waals surface area contributed by atoms with Crippen molar-refractivity contribution in [3.05, 3.63) is 95.2 Å². The Morgan fingerprint density at radius 1 is 1.00 bits per heavy atom. The van der Waals surface area contributed by atoms with Crippen molar-refractivity contribution in [1.29, 1.82) is 0 Å². The van der Waals surface area contributed by atoms with Gasteiger partial charge in [0.1, 0.15) is 29.1 Å². The van der Waals surface area contributed by atoms with Gasteiger partial charge in [0, 0.05) is 17.2 Å². The van der Waals surface area contributed by atoms with Crippen LogP contribution in [-0.2, 0) is 16.0 Å². The maximum Gasteiger partial charge on any atom is 0.412 e. The van der Waals surface area contributed by atoms with Crippen LogP contribution in [0.1, 0.15) is 29.8 Å². The summed E-state index contributed by atoms with van der Waals surface area (Å²) >= 11 is 0. The van der Waals surface area contributed by atoms with E-state index in [1.54, 1.807) is 31.2 Å². The smallest absolute Gasteiger partial charge is 0.412 e. The second kappa shape index (κ2) is 10.4. The van der Waals surface area contributed by atoms with Crippen molar-refractivity contribution in [3.63, 3.8) is 0 Å². The lowest BCUT2D eigenvalue weighted by molar-refractivity contribution is -0.136. The number of carboxylic acids is 1. The van der Waals surface area contributed by atoms with Gasteiger partial charge in [-0.3, -0.25) is 10.1 Å². The number of amides is 1. The fourth-order valence-electron chi connectivity index (χ4n) is 3.70. The molecule has 1 unspecified atom stereocenters. The monoisotopic (exact) mass is 492 g/mol. The van der Waals surface area contributed by atoms with Crippen LogP contribution in [0.5, 0.6) is 0 Å². The number of nitrogens with one attached hydrogen (secondary N) is 1. The van der Waals surface area contributed by atoms with Crippen LogP contribution in [0.4, 0.5) is 19.3 Å². The van der Waals surface area contributed by atoms with E-state index in [4.69, 9.17) is 14.4 Å². The molecule has 1 aromatic heterocycles. The molecular weight excluding hydrogens is 470 g/mol. The van der Waals surface area contributed by atoms with Crippen LogP contribution in [0, 0.1) is 18.6 Å². The van der Waals surface area contributed by atoms with Crippen LogP contribution < -0.4 is 5.32 Å². The van der Waals surface area contributed by atoms with E-state index in [0.717, 1.165) is 23.3 Å². The minimum absolute atomic E-state index is 0.0418. The highest BCUT2D eigenvalue weighted by Gasteiger charge is 2.21. The van der Waals surface area contributed by atoms with E-state index in [1.165, 1.54) is 13.0 Å². The number of carbonyl (C=O) groups is 2. The molecule has 36 heavy (non-hydrogen) atoms. The number of nitrogens with zero attached hydrogens (tertiary/aromatic N) is 1. The van der Waals surface area contributed by atoms with Crippen molar-refractivity contribution in [3.8, 4) is 22.5 Å². The third-order valence-electron chi connectivity index (χ3n) is 5.56. The summed E-state index contributed by atoms with van der Waals surface area (Å²) in [6, 6.07) is 17.6. The van der Waals surface area contributed by atoms with Crippen molar-refractivity contribution in [2.24, 2.45) is 0 Å². The Morgan fingerprint density at radius 2 is 1.61 bits per heavy atom. The van der Waals surface area contributed by atoms with E-state index in [1.807, 2.05) is 24.3 Å². The van der Waals surface area contributed by atoms with E-state index in [2.05, 4.69) is 10.5 Å². The second-order valence-corrected chi connectivity index (χ2v) is 8.16. The molecule has 3 aromatic carbocycles. The number of aryl methyl sites for hydroxylation is 1. The molecule has 1 atom stereocenters. The molecule has 0 aliphatic heterocycles. The SMILES string of the molecule is Cc1noc(-c2ccc(-c3ccc(CC(=O)O)cc3)cc2)c1NC(=O)OC(C)c1ccc(F)cc1F. The average molecular weight is 492 g/mol. The third kappa shape index (κ3) is 5.57. The van der Waals surface area contributed by atoms with E-state index < -0.39 is 29.8 Å². The molecule has 2 N–H and O–H groups in total. The summed E-state index contributed by atoms with van der Waals surface area (Å²) in [7, 11) is 0. The Bertz CT molecular complexity index is 1400. The number of halogens is 2. The predicted molar refractivity (Wildman–Crippen MR) is 128 cm³/mol. The van der Waals surface area contributed by atoms with Crippen LogP contribution in [0.25, 0.3) is 22.5 Å². The number of ether oxygens (including phenoxy) is 1. The number of aliphatic carboxylic acids is 1. The van der Waals surface area contributed by atoms with Gasteiger partial charge in [-0.2, -0.15) is 0 Å². The Hall–Kier alpha value is -4.53. The molecule has 0 spiro atoms. The molecule has 1 amide bonds. The Morgan fingerprint density at radius 3 is 2.22 bits per heavy atom. The molecule has 0 bridgehead atoms. The van der Waals surface area contributed by atoms with Gasteiger partial charge >= 0.3 is 12.1 Å². The maximum atomic E-state index is 14.0. The number of hydrogen-bond donors (Lipinski definition) is 2. The van der Waals surface area contributed by atoms with Gasteiger partial charge < -0.3 is 14.4 Å². The van der Waals surface area contributed by atoms with Gasteiger partial charge in [-0.1, -0.05) is 53.7 Å². The standard InChI is InChI=1S/C27H22F2N2O5/c1-15-25(30-27(34)35-16(2)22-12-11-21(28)14-23(22)29)26(36-31-15)20-9-7-19(8-10-20)18-5-3-17(4-6-18)13-24(32)33/h3-12,14,16H,13H2,1-2H3,(H,30,34)(H,32,33). The fraction of sp³-hybridized carbons (Fsp3) is 0.148. The normalized spacial score (nSPS) is 11.7. The molecule has 0 aliphatic rings.